The van der Waals surface area contributed by atoms with E-state index >= 15 is 0 Å². The average molecular weight is 422 g/mol. The molecule has 3 aromatic rings. The predicted molar refractivity (Wildman–Crippen MR) is 114 cm³/mol. The van der Waals surface area contributed by atoms with Gasteiger partial charge in [-0.25, -0.2) is 8.91 Å². The molecule has 0 bridgehead atoms. The summed E-state index contributed by atoms with van der Waals surface area (Å²) in [5.74, 6) is -0.966. The Kier molecular flexibility index (Phi) is 5.95. The Balaban J connectivity index is 1.71. The van der Waals surface area contributed by atoms with Crippen molar-refractivity contribution in [3.8, 4) is 11.3 Å². The third-order valence-electron chi connectivity index (χ3n) is 5.35. The average Bonchev–Trinajstić information content (AvgIpc) is 3.48. The van der Waals surface area contributed by atoms with E-state index in [0.717, 1.165) is 35.0 Å². The molecule has 1 aromatic carbocycles. The van der Waals surface area contributed by atoms with Crippen molar-refractivity contribution in [3.05, 3.63) is 65.6 Å². The fourth-order valence-corrected chi connectivity index (χ4v) is 3.70. The van der Waals surface area contributed by atoms with Crippen molar-refractivity contribution >= 4 is 23.3 Å². The van der Waals surface area contributed by atoms with Crippen LogP contribution in [0.5, 0.6) is 0 Å². The Morgan fingerprint density at radius 2 is 2.03 bits per heavy atom. The number of nitrogens with zero attached hydrogens (tertiary/aromatic N) is 2. The number of fused-ring (bicyclic) bond motifs is 1. The normalized spacial score (nSPS) is 14.8. The molecule has 0 amide bonds. The van der Waals surface area contributed by atoms with Gasteiger partial charge in [-0.15, -0.1) is 0 Å². The summed E-state index contributed by atoms with van der Waals surface area (Å²) < 4.78 is 19.8. The number of aromatic nitrogens is 2. The van der Waals surface area contributed by atoms with Gasteiger partial charge in [-0.1, -0.05) is 12.2 Å². The van der Waals surface area contributed by atoms with E-state index in [1.54, 1.807) is 24.3 Å². The molecule has 1 aliphatic rings. The number of hydrogen-bond donors (Lipinski definition) is 1. The van der Waals surface area contributed by atoms with Crippen LogP contribution in [0.2, 0.25) is 0 Å². The van der Waals surface area contributed by atoms with E-state index < -0.39 is 17.9 Å². The minimum atomic E-state index is -1.05. The van der Waals surface area contributed by atoms with Gasteiger partial charge in [-0.2, -0.15) is 5.10 Å². The number of hydrogen-bond acceptors (Lipinski definition) is 5. The minimum Gasteiger partial charge on any atom is -0.469 e. The molecule has 0 spiro atoms. The van der Waals surface area contributed by atoms with Crippen LogP contribution < -0.4 is 0 Å². The van der Waals surface area contributed by atoms with Crippen molar-refractivity contribution in [1.82, 2.24) is 9.61 Å². The van der Waals surface area contributed by atoms with Crippen LogP contribution in [-0.4, -0.2) is 39.7 Å². The van der Waals surface area contributed by atoms with Gasteiger partial charge < -0.3 is 9.84 Å². The van der Waals surface area contributed by atoms with E-state index in [4.69, 9.17) is 5.10 Å². The predicted octanol–water partition coefficient (Wildman–Crippen LogP) is 3.91. The number of carbonyl (C=O) groups is 2. The second-order valence-electron chi connectivity index (χ2n) is 7.72. The first kappa shape index (κ1) is 20.9. The summed E-state index contributed by atoms with van der Waals surface area (Å²) in [5, 5.41) is 15.1. The molecule has 1 atom stereocenters. The van der Waals surface area contributed by atoms with E-state index in [1.165, 1.54) is 19.2 Å². The smallest absolute Gasteiger partial charge is 0.313 e. The molecule has 1 unspecified atom stereocenters. The lowest BCUT2D eigenvalue weighted by molar-refractivity contribution is -0.143. The van der Waals surface area contributed by atoms with E-state index in [-0.39, 0.29) is 18.7 Å². The molecule has 6 nitrogen and oxygen atoms in total. The van der Waals surface area contributed by atoms with E-state index in [2.05, 4.69) is 4.74 Å². The highest BCUT2D eigenvalue weighted by atomic mass is 19.1. The van der Waals surface area contributed by atoms with E-state index in [9.17, 15) is 19.1 Å². The summed E-state index contributed by atoms with van der Waals surface area (Å²) in [7, 11) is 1.22. The molecule has 4 rings (SSSR count). The Morgan fingerprint density at radius 1 is 1.29 bits per heavy atom. The van der Waals surface area contributed by atoms with Gasteiger partial charge in [0, 0.05) is 23.7 Å². The number of ether oxygens (including phenoxy) is 1. The number of aliphatic hydroxyl groups is 1. The monoisotopic (exact) mass is 422 g/mol. The standard InChI is InChI=1S/C24H23FN2O4/c1-31-22(30)14-19(29)13-18(28)10-11-20-23(15-4-5-15)21-3-2-12-27(21)26-24(20)16-6-8-17(25)9-7-16/h2-3,6-12,15,18,28H,4-5,13-14H2,1H3. The van der Waals surface area contributed by atoms with Crippen molar-refractivity contribution < 1.29 is 23.8 Å². The molecule has 1 aliphatic carbocycles. The summed E-state index contributed by atoms with van der Waals surface area (Å²) in [6, 6.07) is 10.1. The molecule has 0 saturated heterocycles. The molecule has 1 fully saturated rings. The van der Waals surface area contributed by atoms with Gasteiger partial charge in [0.1, 0.15) is 18.0 Å². The number of methoxy groups -OCH3 is 1. The second-order valence-corrected chi connectivity index (χ2v) is 7.72. The number of halogens is 1. The highest BCUT2D eigenvalue weighted by Crippen LogP contribution is 2.46. The molecule has 0 radical (unpaired) electrons. The van der Waals surface area contributed by atoms with Crippen molar-refractivity contribution in [1.29, 1.82) is 0 Å². The number of rotatable bonds is 8. The van der Waals surface area contributed by atoms with Crippen LogP contribution in [0.15, 0.2) is 48.7 Å². The van der Waals surface area contributed by atoms with Gasteiger partial charge in [0.25, 0.3) is 0 Å². The highest BCUT2D eigenvalue weighted by Gasteiger charge is 2.30. The maximum absolute atomic E-state index is 13.5. The minimum absolute atomic E-state index is 0.183. The van der Waals surface area contributed by atoms with Gasteiger partial charge in [-0.05, 0) is 60.7 Å². The number of Topliss-reactive ketones (excluding diaryl/α,β-unsaturated/α-hetero) is 1. The Bertz CT molecular complexity index is 1150. The van der Waals surface area contributed by atoms with Gasteiger partial charge in [0.2, 0.25) is 0 Å². The number of benzene rings is 1. The zero-order chi connectivity index (χ0) is 22.0. The van der Waals surface area contributed by atoms with Crippen molar-refractivity contribution in [2.24, 2.45) is 0 Å². The van der Waals surface area contributed by atoms with Crippen LogP contribution in [0.1, 0.15) is 42.7 Å². The van der Waals surface area contributed by atoms with Crippen molar-refractivity contribution in [3.63, 3.8) is 0 Å². The van der Waals surface area contributed by atoms with Crippen LogP contribution in [-0.2, 0) is 14.3 Å². The number of ketones is 1. The van der Waals surface area contributed by atoms with Gasteiger partial charge >= 0.3 is 5.97 Å². The number of aliphatic hydroxyl groups excluding tert-OH is 1. The van der Waals surface area contributed by atoms with Crippen LogP contribution in [0.4, 0.5) is 4.39 Å². The molecular formula is C24H23FN2O4. The molecule has 2 heterocycles. The molecule has 1 saturated carbocycles. The molecule has 160 valence electrons. The first-order valence-corrected chi connectivity index (χ1v) is 10.2. The van der Waals surface area contributed by atoms with E-state index in [0.29, 0.717) is 11.6 Å². The Labute approximate surface area is 179 Å². The van der Waals surface area contributed by atoms with Gasteiger partial charge in [-0.3, -0.25) is 9.59 Å². The third kappa shape index (κ3) is 4.72. The molecule has 0 aliphatic heterocycles. The lowest BCUT2D eigenvalue weighted by atomic mass is 9.96. The molecule has 1 N–H and O–H groups in total. The van der Waals surface area contributed by atoms with E-state index in [1.807, 2.05) is 22.8 Å². The van der Waals surface area contributed by atoms with Gasteiger partial charge in [0.05, 0.1) is 24.4 Å². The first-order chi connectivity index (χ1) is 15.0. The van der Waals surface area contributed by atoms with Gasteiger partial charge in [0.15, 0.2) is 0 Å². The lowest BCUT2D eigenvalue weighted by Gasteiger charge is -2.14. The summed E-state index contributed by atoms with van der Waals surface area (Å²) in [6.07, 6.45) is 5.73. The Morgan fingerprint density at radius 3 is 2.71 bits per heavy atom. The molecular weight excluding hydrogens is 399 g/mol. The summed E-state index contributed by atoms with van der Waals surface area (Å²) in [4.78, 5) is 23.2. The second kappa shape index (κ2) is 8.81. The fraction of sp³-hybridized carbons (Fsp3) is 0.292. The largest absolute Gasteiger partial charge is 0.469 e. The van der Waals surface area contributed by atoms with Crippen LogP contribution in [0, 0.1) is 5.82 Å². The zero-order valence-electron chi connectivity index (χ0n) is 17.1. The Hall–Kier alpha value is -3.32. The summed E-state index contributed by atoms with van der Waals surface area (Å²) >= 11 is 0. The lowest BCUT2D eigenvalue weighted by Crippen LogP contribution is -2.15. The number of esters is 1. The summed E-state index contributed by atoms with van der Waals surface area (Å²) in [5.41, 5.74) is 4.40. The van der Waals surface area contributed by atoms with Crippen LogP contribution in [0.3, 0.4) is 0 Å². The third-order valence-corrected chi connectivity index (χ3v) is 5.35. The number of carbonyl (C=O) groups excluding carboxylic acids is 2. The van der Waals surface area contributed by atoms with Crippen LogP contribution >= 0.6 is 0 Å². The zero-order valence-corrected chi connectivity index (χ0v) is 17.1. The molecule has 7 heteroatoms. The maximum Gasteiger partial charge on any atom is 0.313 e. The topological polar surface area (TPSA) is 80.9 Å². The van der Waals surface area contributed by atoms with Crippen LogP contribution in [0.25, 0.3) is 22.9 Å². The fourth-order valence-electron chi connectivity index (χ4n) is 3.70. The molecule has 2 aromatic heterocycles. The van der Waals surface area contributed by atoms with Crippen molar-refractivity contribution in [2.45, 2.75) is 37.7 Å². The summed E-state index contributed by atoms with van der Waals surface area (Å²) in [6.45, 7) is 0. The first-order valence-electron chi connectivity index (χ1n) is 10.2. The highest BCUT2D eigenvalue weighted by molar-refractivity contribution is 5.95. The van der Waals surface area contributed by atoms with Crippen molar-refractivity contribution in [2.75, 3.05) is 7.11 Å². The maximum atomic E-state index is 13.5. The SMILES string of the molecule is COC(=O)CC(=O)CC(O)C=Cc1c(-c2ccc(F)cc2)nn2cccc2c1C1CC1. The quantitative estimate of drug-likeness (QED) is 0.440. The molecule has 31 heavy (non-hydrogen) atoms.